The van der Waals surface area contributed by atoms with E-state index in [0.717, 1.165) is 4.47 Å². The molecule has 0 saturated carbocycles. The number of benzene rings is 6. The van der Waals surface area contributed by atoms with Crippen LogP contribution in [0.5, 0.6) is 0 Å². The summed E-state index contributed by atoms with van der Waals surface area (Å²) >= 11 is 7.46. The van der Waals surface area contributed by atoms with Crippen molar-refractivity contribution in [3.63, 3.8) is 0 Å². The SMILES string of the molecule is CC1C=C(c2cc3cc(-c4ccc(Br)cc4)cc4c5cc(C(C)(C)C)cc6cc(C(C)(C)C)cc(c(c2)c34)c65)C=CC1Br. The smallest absolute Gasteiger partial charge is 0.0389 e. The zero-order valence-electron chi connectivity index (χ0n) is 26.1. The van der Waals surface area contributed by atoms with Crippen LogP contribution in [0.25, 0.3) is 59.8 Å². The van der Waals surface area contributed by atoms with Gasteiger partial charge < -0.3 is 0 Å². The van der Waals surface area contributed by atoms with Gasteiger partial charge >= 0.3 is 0 Å². The molecule has 0 amide bonds. The third-order valence-electron chi connectivity index (χ3n) is 9.33. The monoisotopic (exact) mass is 688 g/mol. The molecule has 6 aromatic rings. The Balaban J connectivity index is 1.69. The number of hydrogen-bond acceptors (Lipinski definition) is 0. The fourth-order valence-corrected chi connectivity index (χ4v) is 7.29. The van der Waals surface area contributed by atoms with E-state index >= 15 is 0 Å². The molecule has 2 unspecified atom stereocenters. The van der Waals surface area contributed by atoms with Gasteiger partial charge in [0.1, 0.15) is 0 Å². The molecule has 0 spiro atoms. The largest absolute Gasteiger partial charge is 0.0839 e. The number of allylic oxidation sites excluding steroid dienone is 4. The van der Waals surface area contributed by atoms with Crippen molar-refractivity contribution in [1.82, 2.24) is 0 Å². The number of alkyl halides is 1. The second-order valence-corrected chi connectivity index (χ2v) is 16.6. The average Bonchev–Trinajstić information content (AvgIpc) is 2.95. The summed E-state index contributed by atoms with van der Waals surface area (Å²) in [6, 6.07) is 28.3. The normalized spacial score (nSPS) is 17.9. The zero-order valence-corrected chi connectivity index (χ0v) is 29.2. The van der Waals surface area contributed by atoms with Crippen LogP contribution >= 0.6 is 31.9 Å². The number of halogens is 2. The summed E-state index contributed by atoms with van der Waals surface area (Å²) in [6.07, 6.45) is 7.00. The minimum Gasteiger partial charge on any atom is -0.0839 e. The van der Waals surface area contributed by atoms with Gasteiger partial charge in [-0.15, -0.1) is 0 Å². The Morgan fingerprint density at radius 3 is 1.60 bits per heavy atom. The lowest BCUT2D eigenvalue weighted by Crippen LogP contribution is -2.13. The summed E-state index contributed by atoms with van der Waals surface area (Å²) < 4.78 is 1.10. The molecule has 0 aliphatic heterocycles. The minimum absolute atomic E-state index is 0.0406. The van der Waals surface area contributed by atoms with Crippen molar-refractivity contribution in [3.05, 3.63) is 112 Å². The molecule has 0 N–H and O–H groups in total. The Bertz CT molecular complexity index is 2110. The topological polar surface area (TPSA) is 0 Å². The van der Waals surface area contributed by atoms with Gasteiger partial charge in [-0.3, -0.25) is 0 Å². The van der Waals surface area contributed by atoms with Crippen LogP contribution in [0.3, 0.4) is 0 Å². The third kappa shape index (κ3) is 4.95. The first-order chi connectivity index (χ1) is 20.3. The molecule has 43 heavy (non-hydrogen) atoms. The van der Waals surface area contributed by atoms with E-state index in [2.05, 4.69) is 171 Å². The van der Waals surface area contributed by atoms with E-state index < -0.39 is 0 Å². The summed E-state index contributed by atoms with van der Waals surface area (Å²) in [4.78, 5) is 0.373. The maximum Gasteiger partial charge on any atom is 0.0389 e. The second kappa shape index (κ2) is 10.0. The van der Waals surface area contributed by atoms with Gasteiger partial charge in [0, 0.05) is 9.30 Å². The van der Waals surface area contributed by atoms with Gasteiger partial charge in [-0.05, 0) is 142 Å². The summed E-state index contributed by atoms with van der Waals surface area (Å²) in [6.45, 7) is 16.3. The molecule has 1 aliphatic rings. The Morgan fingerprint density at radius 1 is 0.581 bits per heavy atom. The van der Waals surface area contributed by atoms with Gasteiger partial charge in [-0.1, -0.05) is 123 Å². The third-order valence-corrected chi connectivity index (χ3v) is 11.0. The summed E-state index contributed by atoms with van der Waals surface area (Å²) in [5.41, 5.74) is 7.92. The van der Waals surface area contributed by atoms with Crippen molar-refractivity contribution in [1.29, 1.82) is 0 Å². The lowest BCUT2D eigenvalue weighted by molar-refractivity contribution is 0.590. The van der Waals surface area contributed by atoms with Crippen LogP contribution in [0.4, 0.5) is 0 Å². The first-order valence-electron chi connectivity index (χ1n) is 15.3. The number of hydrogen-bond donors (Lipinski definition) is 0. The standard InChI is InChI=1S/C41H38Br2/c1-23-14-25(10-13-37(23)43)27-16-28-15-26(24-8-11-32(42)12-9-24)19-33-35-21-30(40(2,3)4)17-29-18-31(41(5,6)7)22-36(39(29)35)34(20-27)38(28)33/h8-23,37H,1-7H3. The van der Waals surface area contributed by atoms with Crippen LogP contribution in [0.15, 0.2) is 95.5 Å². The van der Waals surface area contributed by atoms with Gasteiger partial charge in [0.2, 0.25) is 0 Å². The fraction of sp³-hybridized carbons (Fsp3) is 0.268. The van der Waals surface area contributed by atoms with E-state index in [-0.39, 0.29) is 10.8 Å². The molecule has 6 aromatic carbocycles. The average molecular weight is 691 g/mol. The molecule has 0 nitrogen and oxygen atoms in total. The van der Waals surface area contributed by atoms with Crippen molar-refractivity contribution >= 4 is 80.5 Å². The Hall–Kier alpha value is -2.94. The summed E-state index contributed by atoms with van der Waals surface area (Å²) in [7, 11) is 0. The highest BCUT2D eigenvalue weighted by atomic mass is 79.9. The lowest BCUT2D eigenvalue weighted by Gasteiger charge is -2.26. The zero-order chi connectivity index (χ0) is 30.4. The second-order valence-electron chi connectivity index (χ2n) is 14.6. The van der Waals surface area contributed by atoms with Crippen LogP contribution < -0.4 is 0 Å². The van der Waals surface area contributed by atoms with Gasteiger partial charge in [0.05, 0.1) is 0 Å². The first-order valence-corrected chi connectivity index (χ1v) is 17.0. The van der Waals surface area contributed by atoms with Gasteiger partial charge in [0.25, 0.3) is 0 Å². The fourth-order valence-electron chi connectivity index (χ4n) is 6.72. The first kappa shape index (κ1) is 28.8. The van der Waals surface area contributed by atoms with Crippen LogP contribution in [0.2, 0.25) is 0 Å². The van der Waals surface area contributed by atoms with Crippen LogP contribution in [-0.2, 0) is 10.8 Å². The van der Waals surface area contributed by atoms with Crippen molar-refractivity contribution < 1.29 is 0 Å². The molecule has 0 radical (unpaired) electrons. The molecular formula is C41H38Br2. The highest BCUT2D eigenvalue weighted by Crippen LogP contribution is 2.46. The Morgan fingerprint density at radius 2 is 1.07 bits per heavy atom. The lowest BCUT2D eigenvalue weighted by atomic mass is 9.78. The van der Waals surface area contributed by atoms with Crippen LogP contribution in [0.1, 0.15) is 65.2 Å². The Kier molecular flexibility index (Phi) is 6.73. The Labute approximate surface area is 272 Å². The quantitative estimate of drug-likeness (QED) is 0.0964. The molecule has 2 atom stereocenters. The van der Waals surface area contributed by atoms with Gasteiger partial charge in [-0.2, -0.15) is 0 Å². The molecule has 216 valence electrons. The van der Waals surface area contributed by atoms with Crippen molar-refractivity contribution in [3.8, 4) is 11.1 Å². The van der Waals surface area contributed by atoms with E-state index in [1.807, 2.05) is 0 Å². The molecule has 0 bridgehead atoms. The van der Waals surface area contributed by atoms with E-state index in [1.165, 1.54) is 76.5 Å². The number of rotatable bonds is 2. The molecule has 0 heterocycles. The van der Waals surface area contributed by atoms with Crippen molar-refractivity contribution in [2.24, 2.45) is 5.92 Å². The van der Waals surface area contributed by atoms with E-state index in [1.54, 1.807) is 0 Å². The van der Waals surface area contributed by atoms with Crippen LogP contribution in [-0.4, -0.2) is 4.83 Å². The molecule has 0 aromatic heterocycles. The van der Waals surface area contributed by atoms with Crippen molar-refractivity contribution in [2.75, 3.05) is 0 Å². The summed E-state index contributed by atoms with van der Waals surface area (Å²) in [5, 5.41) is 10.8. The van der Waals surface area contributed by atoms with Crippen molar-refractivity contribution in [2.45, 2.75) is 64.1 Å². The highest BCUT2D eigenvalue weighted by molar-refractivity contribution is 9.10. The maximum absolute atomic E-state index is 3.83. The van der Waals surface area contributed by atoms with Crippen LogP contribution in [0, 0.1) is 5.92 Å². The van der Waals surface area contributed by atoms with Gasteiger partial charge in [-0.25, -0.2) is 0 Å². The molecule has 2 heteroatoms. The number of fused-ring (bicyclic) bond motifs is 2. The molecule has 0 fully saturated rings. The minimum atomic E-state index is 0.0406. The summed E-state index contributed by atoms with van der Waals surface area (Å²) in [5.74, 6) is 0.434. The van der Waals surface area contributed by atoms with E-state index in [4.69, 9.17) is 0 Å². The molecule has 0 saturated heterocycles. The van der Waals surface area contributed by atoms with E-state index in [9.17, 15) is 0 Å². The maximum atomic E-state index is 3.83. The van der Waals surface area contributed by atoms with E-state index in [0.29, 0.717) is 10.7 Å². The molecular weight excluding hydrogens is 652 g/mol. The highest BCUT2D eigenvalue weighted by Gasteiger charge is 2.24. The predicted molar refractivity (Wildman–Crippen MR) is 197 cm³/mol. The predicted octanol–water partition coefficient (Wildman–Crippen LogP) is 13.1. The molecule has 7 rings (SSSR count). The van der Waals surface area contributed by atoms with Gasteiger partial charge in [0.15, 0.2) is 0 Å². The molecule has 1 aliphatic carbocycles.